The van der Waals surface area contributed by atoms with Crippen LogP contribution in [-0.4, -0.2) is 70.3 Å². The number of methoxy groups -OCH3 is 1. The molecule has 4 rings (SSSR count). The van der Waals surface area contributed by atoms with Crippen LogP contribution < -0.4 is 19.7 Å². The first-order valence-corrected chi connectivity index (χ1v) is 12.7. The van der Waals surface area contributed by atoms with Crippen molar-refractivity contribution in [2.75, 3.05) is 50.1 Å². The second-order valence-corrected chi connectivity index (χ2v) is 10.9. The molecule has 2 aliphatic rings. The zero-order chi connectivity index (χ0) is 24.5. The highest BCUT2D eigenvalue weighted by atomic mass is 32.2. The largest absolute Gasteiger partial charge is 0.495 e. The number of nitrogens with one attached hydrogen (secondary N) is 1. The van der Waals surface area contributed by atoms with Crippen LogP contribution in [-0.2, 0) is 19.4 Å². The highest BCUT2D eigenvalue weighted by Crippen LogP contribution is 2.35. The minimum absolute atomic E-state index is 0.106. The highest BCUT2D eigenvalue weighted by Gasteiger charge is 2.32. The van der Waals surface area contributed by atoms with E-state index >= 15 is 0 Å². The summed E-state index contributed by atoms with van der Waals surface area (Å²) in [4.78, 5) is 28.5. The fraction of sp³-hybridized carbons (Fsp3) is 0.417. The summed E-state index contributed by atoms with van der Waals surface area (Å²) in [5, 5.41) is 1.77. The van der Waals surface area contributed by atoms with Gasteiger partial charge >= 0.3 is 0 Å². The van der Waals surface area contributed by atoms with E-state index in [2.05, 4.69) is 10.2 Å². The number of nitrogens with zero attached hydrogens (tertiary/aromatic N) is 2. The molecule has 0 unspecified atom stereocenters. The maximum atomic E-state index is 13.3. The second kappa shape index (κ2) is 9.54. The zero-order valence-corrected chi connectivity index (χ0v) is 20.4. The van der Waals surface area contributed by atoms with E-state index in [0.29, 0.717) is 43.2 Å². The number of sulfone groups is 1. The third kappa shape index (κ3) is 4.68. The normalized spacial score (nSPS) is 16.9. The van der Waals surface area contributed by atoms with Crippen molar-refractivity contribution in [2.45, 2.75) is 30.4 Å². The van der Waals surface area contributed by atoms with Crippen LogP contribution in [0.4, 0.5) is 11.4 Å². The summed E-state index contributed by atoms with van der Waals surface area (Å²) < 4.78 is 37.4. The monoisotopic (exact) mass is 487 g/mol. The molecule has 2 amide bonds. The van der Waals surface area contributed by atoms with Crippen molar-refractivity contribution in [3.05, 3.63) is 42.0 Å². The quantitative estimate of drug-likeness (QED) is 0.666. The Balaban J connectivity index is 1.41. The van der Waals surface area contributed by atoms with Crippen LogP contribution in [0.1, 0.15) is 18.9 Å². The summed E-state index contributed by atoms with van der Waals surface area (Å²) in [7, 11) is -2.15. The molecule has 2 aromatic carbocycles. The van der Waals surface area contributed by atoms with Crippen molar-refractivity contribution in [3.8, 4) is 11.5 Å². The smallest absolute Gasteiger partial charge is 0.262 e. The SMILES string of the molecule is COc1ccccc1N1CCN(C(=O)C[C@@H](C)S(=O)(=O)c2cc3c(cc2C)NC(=O)CO3)CC1. The van der Waals surface area contributed by atoms with Gasteiger partial charge in [-0.2, -0.15) is 0 Å². The average molecular weight is 488 g/mol. The molecule has 9 nitrogen and oxygen atoms in total. The average Bonchev–Trinajstić information content (AvgIpc) is 2.83. The van der Waals surface area contributed by atoms with Crippen LogP contribution >= 0.6 is 0 Å². The molecule has 2 heterocycles. The molecule has 2 aromatic rings. The molecule has 1 atom stereocenters. The summed E-state index contributed by atoms with van der Waals surface area (Å²) >= 11 is 0. The molecular weight excluding hydrogens is 458 g/mol. The Morgan fingerprint density at radius 2 is 1.88 bits per heavy atom. The molecule has 0 spiro atoms. The van der Waals surface area contributed by atoms with Crippen LogP contribution in [0.25, 0.3) is 0 Å². The number of anilines is 2. The zero-order valence-electron chi connectivity index (χ0n) is 19.5. The van der Waals surface area contributed by atoms with Gasteiger partial charge in [0.1, 0.15) is 11.5 Å². The number of hydrogen-bond donors (Lipinski definition) is 1. The lowest BCUT2D eigenvalue weighted by Crippen LogP contribution is -2.49. The molecule has 10 heteroatoms. The van der Waals surface area contributed by atoms with Gasteiger partial charge in [-0.15, -0.1) is 0 Å². The van der Waals surface area contributed by atoms with Crippen LogP contribution in [0.3, 0.4) is 0 Å². The van der Waals surface area contributed by atoms with Gasteiger partial charge in [0.05, 0.1) is 28.6 Å². The van der Waals surface area contributed by atoms with Gasteiger partial charge in [-0.25, -0.2) is 8.42 Å². The molecule has 0 radical (unpaired) electrons. The number of aryl methyl sites for hydroxylation is 1. The van der Waals surface area contributed by atoms with Crippen molar-refractivity contribution in [1.82, 2.24) is 4.90 Å². The summed E-state index contributed by atoms with van der Waals surface area (Å²) in [5.41, 5.74) is 1.92. The van der Waals surface area contributed by atoms with Crippen molar-refractivity contribution in [2.24, 2.45) is 0 Å². The third-order valence-electron chi connectivity index (χ3n) is 6.27. The fourth-order valence-electron chi connectivity index (χ4n) is 4.31. The third-order valence-corrected chi connectivity index (χ3v) is 8.55. The Hall–Kier alpha value is -3.27. The summed E-state index contributed by atoms with van der Waals surface area (Å²) in [5.74, 6) is 0.628. The van der Waals surface area contributed by atoms with Gasteiger partial charge in [-0.1, -0.05) is 12.1 Å². The van der Waals surface area contributed by atoms with E-state index < -0.39 is 15.1 Å². The Morgan fingerprint density at radius 1 is 1.18 bits per heavy atom. The number of rotatable bonds is 6. The van der Waals surface area contributed by atoms with Crippen molar-refractivity contribution < 1.29 is 27.5 Å². The number of carbonyl (C=O) groups excluding carboxylic acids is 2. The van der Waals surface area contributed by atoms with Gasteiger partial charge in [0.2, 0.25) is 5.91 Å². The van der Waals surface area contributed by atoms with Crippen LogP contribution in [0.15, 0.2) is 41.3 Å². The van der Waals surface area contributed by atoms with Gasteiger partial charge in [0, 0.05) is 38.7 Å². The molecule has 0 bridgehead atoms. The van der Waals surface area contributed by atoms with E-state index in [1.54, 1.807) is 31.9 Å². The summed E-state index contributed by atoms with van der Waals surface area (Å²) in [6.07, 6.45) is -0.106. The van der Waals surface area contributed by atoms with E-state index in [0.717, 1.165) is 11.4 Å². The van der Waals surface area contributed by atoms with E-state index in [9.17, 15) is 18.0 Å². The van der Waals surface area contributed by atoms with E-state index in [1.807, 2.05) is 24.3 Å². The number of hydrogen-bond acceptors (Lipinski definition) is 7. The number of piperazine rings is 1. The Kier molecular flexibility index (Phi) is 6.70. The number of amides is 2. The second-order valence-electron chi connectivity index (χ2n) is 8.55. The van der Waals surface area contributed by atoms with Crippen LogP contribution in [0.5, 0.6) is 11.5 Å². The van der Waals surface area contributed by atoms with Crippen LogP contribution in [0, 0.1) is 6.92 Å². The van der Waals surface area contributed by atoms with Crippen LogP contribution in [0.2, 0.25) is 0 Å². The fourth-order valence-corrected chi connectivity index (χ4v) is 5.89. The maximum absolute atomic E-state index is 13.3. The predicted molar refractivity (Wildman–Crippen MR) is 128 cm³/mol. The molecule has 1 N–H and O–H groups in total. The number of ether oxygens (including phenoxy) is 2. The first kappa shape index (κ1) is 23.9. The number of fused-ring (bicyclic) bond motifs is 1. The maximum Gasteiger partial charge on any atom is 0.262 e. The lowest BCUT2D eigenvalue weighted by Gasteiger charge is -2.37. The van der Waals surface area contributed by atoms with Gasteiger partial charge in [0.25, 0.3) is 5.91 Å². The van der Waals surface area contributed by atoms with E-state index in [1.165, 1.54) is 6.07 Å². The van der Waals surface area contributed by atoms with E-state index in [4.69, 9.17) is 9.47 Å². The van der Waals surface area contributed by atoms with E-state index in [-0.39, 0.29) is 29.7 Å². The lowest BCUT2D eigenvalue weighted by atomic mass is 10.2. The molecule has 182 valence electrons. The number of carbonyl (C=O) groups is 2. The summed E-state index contributed by atoms with van der Waals surface area (Å²) in [6.45, 7) is 5.36. The van der Waals surface area contributed by atoms with Gasteiger partial charge in [-0.3, -0.25) is 9.59 Å². The highest BCUT2D eigenvalue weighted by molar-refractivity contribution is 7.92. The first-order valence-electron chi connectivity index (χ1n) is 11.2. The standard InChI is InChI=1S/C24H29N3O6S/c1-16-12-18-21(33-15-23(28)25-18)14-22(16)34(30,31)17(2)13-24(29)27-10-8-26(9-11-27)19-6-4-5-7-20(19)32-3/h4-7,12,14,17H,8-11,13,15H2,1-3H3,(H,25,28)/t17-/m1/s1. The topological polar surface area (TPSA) is 105 Å². The molecule has 1 fully saturated rings. The Labute approximate surface area is 199 Å². The van der Waals surface area contributed by atoms with Crippen molar-refractivity contribution in [1.29, 1.82) is 0 Å². The molecule has 0 aromatic heterocycles. The molecule has 34 heavy (non-hydrogen) atoms. The minimum atomic E-state index is -3.78. The van der Waals surface area contributed by atoms with Crippen molar-refractivity contribution >= 4 is 33.0 Å². The number of benzene rings is 2. The molecule has 2 aliphatic heterocycles. The number of para-hydroxylation sites is 2. The molecular formula is C24H29N3O6S. The predicted octanol–water partition coefficient (Wildman–Crippen LogP) is 2.24. The lowest BCUT2D eigenvalue weighted by molar-refractivity contribution is -0.131. The Morgan fingerprint density at radius 3 is 2.59 bits per heavy atom. The first-order chi connectivity index (χ1) is 16.2. The van der Waals surface area contributed by atoms with Gasteiger partial charge < -0.3 is 24.6 Å². The minimum Gasteiger partial charge on any atom is -0.495 e. The molecule has 0 aliphatic carbocycles. The Bertz CT molecular complexity index is 1210. The van der Waals surface area contributed by atoms with Gasteiger partial charge in [0.15, 0.2) is 16.4 Å². The summed E-state index contributed by atoms with van der Waals surface area (Å²) in [6, 6.07) is 10.8. The molecule has 0 saturated carbocycles. The molecule has 1 saturated heterocycles. The van der Waals surface area contributed by atoms with Gasteiger partial charge in [-0.05, 0) is 37.6 Å². The van der Waals surface area contributed by atoms with Crippen molar-refractivity contribution in [3.63, 3.8) is 0 Å².